The van der Waals surface area contributed by atoms with Crippen LogP contribution in [-0.4, -0.2) is 44.2 Å². The lowest BCUT2D eigenvalue weighted by molar-refractivity contribution is -0.144. The topological polar surface area (TPSA) is 109 Å². The van der Waals surface area contributed by atoms with Gasteiger partial charge in [-0.25, -0.2) is 9.59 Å². The number of carbonyl (C=O) groups excluding carboxylic acids is 1. The van der Waals surface area contributed by atoms with Crippen molar-refractivity contribution in [3.63, 3.8) is 0 Å². The molecule has 0 atom stereocenters. The zero-order valence-electron chi connectivity index (χ0n) is 11.2. The molecule has 1 heterocycles. The monoisotopic (exact) mass is 281 g/mol. The first-order valence-electron chi connectivity index (χ1n) is 6.76. The van der Waals surface area contributed by atoms with E-state index in [2.05, 4.69) is 20.9 Å². The number of rotatable bonds is 6. The Morgan fingerprint density at radius 2 is 2.10 bits per heavy atom. The molecule has 0 spiro atoms. The van der Waals surface area contributed by atoms with Gasteiger partial charge in [0, 0.05) is 19.3 Å². The summed E-state index contributed by atoms with van der Waals surface area (Å²) in [6.45, 7) is 1.12. The second-order valence-corrected chi connectivity index (χ2v) is 4.99. The average Bonchev–Trinajstić information content (AvgIpc) is 3.06. The van der Waals surface area contributed by atoms with Crippen molar-refractivity contribution in [3.05, 3.63) is 12.4 Å². The van der Waals surface area contributed by atoms with Gasteiger partial charge in [0.2, 0.25) is 0 Å². The maximum absolute atomic E-state index is 11.7. The molecule has 110 valence electrons. The molecular formula is C12H19N5O3. The number of aryl methyl sites for hydroxylation is 1. The van der Waals surface area contributed by atoms with Gasteiger partial charge >= 0.3 is 12.0 Å². The summed E-state index contributed by atoms with van der Waals surface area (Å²) in [5, 5.41) is 22.0. The molecule has 0 aliphatic heterocycles. The minimum absolute atomic E-state index is 0.423. The molecule has 8 heteroatoms. The minimum Gasteiger partial charge on any atom is -0.480 e. The number of nitrogens with one attached hydrogen (secondary N) is 2. The molecule has 0 unspecified atom stereocenters. The second kappa shape index (κ2) is 6.36. The van der Waals surface area contributed by atoms with Crippen molar-refractivity contribution in [1.82, 2.24) is 25.6 Å². The molecule has 1 saturated carbocycles. The lowest BCUT2D eigenvalue weighted by Gasteiger charge is -2.25. The highest BCUT2D eigenvalue weighted by Crippen LogP contribution is 2.29. The highest BCUT2D eigenvalue weighted by atomic mass is 16.4. The molecule has 1 fully saturated rings. The van der Waals surface area contributed by atoms with Gasteiger partial charge in [-0.2, -0.15) is 0 Å². The third-order valence-corrected chi connectivity index (χ3v) is 3.54. The predicted molar refractivity (Wildman–Crippen MR) is 70.0 cm³/mol. The fourth-order valence-electron chi connectivity index (χ4n) is 2.43. The van der Waals surface area contributed by atoms with Crippen LogP contribution in [0.1, 0.15) is 32.1 Å². The fourth-order valence-corrected chi connectivity index (χ4v) is 2.43. The molecule has 1 aromatic heterocycles. The van der Waals surface area contributed by atoms with Crippen LogP contribution in [0.3, 0.4) is 0 Å². The van der Waals surface area contributed by atoms with Crippen molar-refractivity contribution in [2.24, 2.45) is 0 Å². The third-order valence-electron chi connectivity index (χ3n) is 3.54. The number of carboxylic acids is 1. The Morgan fingerprint density at radius 3 is 2.70 bits per heavy atom. The quantitative estimate of drug-likeness (QED) is 0.652. The molecule has 1 aromatic rings. The Bertz CT molecular complexity index is 454. The van der Waals surface area contributed by atoms with Gasteiger partial charge in [0.15, 0.2) is 0 Å². The molecule has 0 bridgehead atoms. The van der Waals surface area contributed by atoms with Gasteiger partial charge < -0.3 is 15.7 Å². The molecule has 3 N–H and O–H groups in total. The van der Waals surface area contributed by atoms with Crippen molar-refractivity contribution >= 4 is 12.0 Å². The van der Waals surface area contributed by atoms with Crippen LogP contribution in [0.15, 0.2) is 12.4 Å². The molecule has 1 aliphatic rings. The number of aromatic nitrogens is 3. The van der Waals surface area contributed by atoms with Gasteiger partial charge in [0.25, 0.3) is 0 Å². The first-order valence-corrected chi connectivity index (χ1v) is 6.76. The summed E-state index contributed by atoms with van der Waals surface area (Å²) in [5.74, 6) is -0.951. The van der Waals surface area contributed by atoms with Crippen LogP contribution in [-0.2, 0) is 11.3 Å². The first-order chi connectivity index (χ1) is 9.62. The summed E-state index contributed by atoms with van der Waals surface area (Å²) in [5.41, 5.74) is -1.09. The van der Waals surface area contributed by atoms with E-state index < -0.39 is 17.5 Å². The number of urea groups is 1. The molecule has 2 rings (SSSR count). The largest absolute Gasteiger partial charge is 0.480 e. The Balaban J connectivity index is 1.70. The summed E-state index contributed by atoms with van der Waals surface area (Å²) in [6, 6.07) is -0.423. The van der Waals surface area contributed by atoms with Gasteiger partial charge in [0.05, 0.1) is 6.20 Å². The molecule has 0 aromatic carbocycles. The number of hydrogen-bond donors (Lipinski definition) is 3. The standard InChI is InChI=1S/C12H19N5O3/c18-10(19)12(4-1-2-5-12)15-11(20)13-6-3-8-17-9-7-14-16-17/h7,9H,1-6,8H2,(H,18,19)(H2,13,15,20). The smallest absolute Gasteiger partial charge is 0.329 e. The van der Waals surface area contributed by atoms with Crippen LogP contribution in [0.5, 0.6) is 0 Å². The summed E-state index contributed by atoms with van der Waals surface area (Å²) < 4.78 is 1.68. The van der Waals surface area contributed by atoms with Gasteiger partial charge in [-0.15, -0.1) is 5.10 Å². The van der Waals surface area contributed by atoms with Crippen molar-refractivity contribution < 1.29 is 14.7 Å². The minimum atomic E-state index is -1.09. The van der Waals surface area contributed by atoms with E-state index in [0.717, 1.165) is 12.8 Å². The van der Waals surface area contributed by atoms with E-state index in [1.807, 2.05) is 0 Å². The maximum Gasteiger partial charge on any atom is 0.329 e. The summed E-state index contributed by atoms with van der Waals surface area (Å²) in [4.78, 5) is 23.0. The lowest BCUT2D eigenvalue weighted by Crippen LogP contribution is -2.55. The highest BCUT2D eigenvalue weighted by molar-refractivity contribution is 5.86. The van der Waals surface area contributed by atoms with Crippen LogP contribution < -0.4 is 10.6 Å². The Morgan fingerprint density at radius 1 is 1.35 bits per heavy atom. The zero-order valence-corrected chi connectivity index (χ0v) is 11.2. The normalized spacial score (nSPS) is 16.8. The van der Waals surface area contributed by atoms with Crippen molar-refractivity contribution in [2.75, 3.05) is 6.54 Å². The first kappa shape index (κ1) is 14.3. The fraction of sp³-hybridized carbons (Fsp3) is 0.667. The maximum atomic E-state index is 11.7. The number of carboxylic acid groups (broad SMARTS) is 1. The molecule has 8 nitrogen and oxygen atoms in total. The Kier molecular flexibility index (Phi) is 4.54. The molecule has 20 heavy (non-hydrogen) atoms. The number of hydrogen-bond acceptors (Lipinski definition) is 4. The van der Waals surface area contributed by atoms with Crippen molar-refractivity contribution in [1.29, 1.82) is 0 Å². The van der Waals surface area contributed by atoms with E-state index in [-0.39, 0.29) is 0 Å². The van der Waals surface area contributed by atoms with Crippen LogP contribution in [0.4, 0.5) is 4.79 Å². The number of amides is 2. The zero-order chi connectivity index (χ0) is 14.4. The van der Waals surface area contributed by atoms with E-state index in [4.69, 9.17) is 0 Å². The summed E-state index contributed by atoms with van der Waals surface area (Å²) in [7, 11) is 0. The second-order valence-electron chi connectivity index (χ2n) is 4.99. The third kappa shape index (κ3) is 3.46. The molecule has 0 saturated heterocycles. The summed E-state index contributed by atoms with van der Waals surface area (Å²) >= 11 is 0. The molecule has 2 amide bonds. The Hall–Kier alpha value is -2.12. The van der Waals surface area contributed by atoms with E-state index in [1.165, 1.54) is 0 Å². The number of aliphatic carboxylic acids is 1. The van der Waals surface area contributed by atoms with Crippen LogP contribution in [0.25, 0.3) is 0 Å². The van der Waals surface area contributed by atoms with E-state index in [0.29, 0.717) is 32.4 Å². The van der Waals surface area contributed by atoms with E-state index >= 15 is 0 Å². The average molecular weight is 281 g/mol. The van der Waals surface area contributed by atoms with Crippen molar-refractivity contribution in [2.45, 2.75) is 44.2 Å². The summed E-state index contributed by atoms with van der Waals surface area (Å²) in [6.07, 6.45) is 6.70. The van der Waals surface area contributed by atoms with Crippen LogP contribution in [0.2, 0.25) is 0 Å². The number of nitrogens with zero attached hydrogens (tertiary/aromatic N) is 3. The lowest BCUT2D eigenvalue weighted by atomic mass is 9.98. The van der Waals surface area contributed by atoms with Gasteiger partial charge in [-0.1, -0.05) is 18.1 Å². The molecule has 1 aliphatic carbocycles. The van der Waals surface area contributed by atoms with Crippen LogP contribution >= 0.6 is 0 Å². The predicted octanol–water partition coefficient (Wildman–Crippen LogP) is 0.365. The van der Waals surface area contributed by atoms with Gasteiger partial charge in [-0.3, -0.25) is 4.68 Å². The van der Waals surface area contributed by atoms with Gasteiger partial charge in [-0.05, 0) is 19.3 Å². The van der Waals surface area contributed by atoms with E-state index in [1.54, 1.807) is 17.1 Å². The van der Waals surface area contributed by atoms with Gasteiger partial charge in [0.1, 0.15) is 5.54 Å². The van der Waals surface area contributed by atoms with E-state index in [9.17, 15) is 14.7 Å². The highest BCUT2D eigenvalue weighted by Gasteiger charge is 2.42. The number of carbonyl (C=O) groups is 2. The van der Waals surface area contributed by atoms with Crippen molar-refractivity contribution in [3.8, 4) is 0 Å². The Labute approximate surface area is 116 Å². The van der Waals surface area contributed by atoms with Crippen LogP contribution in [0, 0.1) is 0 Å². The SMILES string of the molecule is O=C(NCCCn1ccnn1)NC1(C(=O)O)CCCC1. The molecule has 0 radical (unpaired) electrons. The molecular weight excluding hydrogens is 262 g/mol.